The van der Waals surface area contributed by atoms with E-state index in [2.05, 4.69) is 50.4 Å². The number of hydrogen-bond acceptors (Lipinski definition) is 4. The van der Waals surface area contributed by atoms with Crippen LogP contribution in [-0.4, -0.2) is 35.8 Å². The number of benzene rings is 3. The van der Waals surface area contributed by atoms with Crippen molar-refractivity contribution in [3.05, 3.63) is 107 Å². The van der Waals surface area contributed by atoms with Crippen LogP contribution in [0.3, 0.4) is 0 Å². The summed E-state index contributed by atoms with van der Waals surface area (Å²) in [6.45, 7) is 7.05. The fraction of sp³-hybridized carbons (Fsp3) is 0.258. The lowest BCUT2D eigenvalue weighted by Crippen LogP contribution is -2.40. The molecule has 0 aromatic heterocycles. The van der Waals surface area contributed by atoms with Crippen LogP contribution in [0.15, 0.2) is 78.9 Å². The minimum atomic E-state index is -0.861. The fourth-order valence-corrected chi connectivity index (χ4v) is 4.72. The molecule has 4 amide bonds. The highest BCUT2D eigenvalue weighted by molar-refractivity contribution is 6.35. The molecule has 0 aliphatic heterocycles. The number of nitrogens with zero attached hydrogens (tertiary/aromatic N) is 1. The molecule has 9 heteroatoms. The lowest BCUT2D eigenvalue weighted by Gasteiger charge is -2.21. The minimum absolute atomic E-state index is 0.00589. The predicted octanol–water partition coefficient (Wildman–Crippen LogP) is 3.07. The van der Waals surface area contributed by atoms with Gasteiger partial charge >= 0.3 is 17.5 Å². The number of carbonyl (C=O) groups is 4. The van der Waals surface area contributed by atoms with Gasteiger partial charge in [0.15, 0.2) is 0 Å². The van der Waals surface area contributed by atoms with Crippen LogP contribution in [0.5, 0.6) is 0 Å². The first-order valence-corrected chi connectivity index (χ1v) is 13.2. The van der Waals surface area contributed by atoms with Gasteiger partial charge in [-0.15, -0.1) is 0 Å². The van der Waals surface area contributed by atoms with Crippen molar-refractivity contribution in [2.75, 3.05) is 6.54 Å². The van der Waals surface area contributed by atoms with E-state index in [1.54, 1.807) is 24.3 Å². The molecule has 5 rings (SSSR count). The third kappa shape index (κ3) is 5.86. The van der Waals surface area contributed by atoms with Crippen LogP contribution in [0.25, 0.3) is 15.6 Å². The first-order valence-electron chi connectivity index (χ1n) is 13.2. The zero-order chi connectivity index (χ0) is 28.2. The maximum atomic E-state index is 13.4. The molecule has 0 radical (unpaired) electrons. The maximum Gasteiger partial charge on any atom is 0.309 e. The largest absolute Gasteiger partial charge is 0.344 e. The number of fused-ring (bicyclic) bond motifs is 1. The molecule has 40 heavy (non-hydrogen) atoms. The second-order valence-electron chi connectivity index (χ2n) is 10.1. The van der Waals surface area contributed by atoms with Gasteiger partial charge in [-0.25, -0.2) is 6.57 Å². The van der Waals surface area contributed by atoms with Crippen molar-refractivity contribution in [2.45, 2.75) is 43.4 Å². The zero-order valence-corrected chi connectivity index (χ0v) is 21.8. The molecule has 0 spiro atoms. The van der Waals surface area contributed by atoms with Crippen LogP contribution < -0.4 is 21.3 Å². The molecular weight excluding hydrogens is 506 g/mol. The van der Waals surface area contributed by atoms with E-state index >= 15 is 0 Å². The average molecular weight is 536 g/mol. The molecule has 3 aromatic carbocycles. The third-order valence-corrected chi connectivity index (χ3v) is 7.26. The Morgan fingerprint density at radius 3 is 2.27 bits per heavy atom. The van der Waals surface area contributed by atoms with Crippen LogP contribution in [0.2, 0.25) is 0 Å². The summed E-state index contributed by atoms with van der Waals surface area (Å²) in [4.78, 5) is 53.2. The van der Waals surface area contributed by atoms with E-state index in [4.69, 9.17) is 6.57 Å². The van der Waals surface area contributed by atoms with Gasteiger partial charge in [-0.2, -0.15) is 0 Å². The van der Waals surface area contributed by atoms with Crippen LogP contribution in [0.4, 0.5) is 0 Å². The Hall–Kier alpha value is -4.97. The average Bonchev–Trinajstić information content (AvgIpc) is 3.91. The Labute approximate surface area is 231 Å². The normalized spacial score (nSPS) is 16.0. The lowest BCUT2D eigenvalue weighted by atomic mass is 9.96. The molecule has 0 bridgehead atoms. The molecule has 0 unspecified atom stereocenters. The summed E-state index contributed by atoms with van der Waals surface area (Å²) in [5, 5.41) is 13.0. The van der Waals surface area contributed by atoms with Crippen LogP contribution in [-0.2, 0) is 26.5 Å². The Morgan fingerprint density at radius 2 is 1.52 bits per heavy atom. The van der Waals surface area contributed by atoms with Crippen molar-refractivity contribution in [2.24, 2.45) is 0 Å². The molecule has 0 atom stereocenters. The second-order valence-corrected chi connectivity index (χ2v) is 10.1. The van der Waals surface area contributed by atoms with Gasteiger partial charge in [-0.3, -0.25) is 29.3 Å². The van der Waals surface area contributed by atoms with Gasteiger partial charge in [0.1, 0.15) is 0 Å². The Bertz CT molecular complexity index is 1560. The molecule has 4 N–H and O–H groups in total. The first-order chi connectivity index (χ1) is 19.3. The Balaban J connectivity index is 1.15. The van der Waals surface area contributed by atoms with Crippen LogP contribution >= 0.6 is 0 Å². The highest BCUT2D eigenvalue weighted by Gasteiger charge is 2.52. The highest BCUT2D eigenvalue weighted by atomic mass is 16.2. The minimum Gasteiger partial charge on any atom is -0.344 e. The van der Waals surface area contributed by atoms with E-state index in [1.807, 2.05) is 18.2 Å². The number of carbonyl (C=O) groups excluding carboxylic acids is 4. The number of rotatable bonds is 9. The van der Waals surface area contributed by atoms with Gasteiger partial charge in [0.2, 0.25) is 5.91 Å². The van der Waals surface area contributed by atoms with Gasteiger partial charge in [0, 0.05) is 24.7 Å². The first kappa shape index (κ1) is 26.6. The molecule has 2 aliphatic rings. The molecule has 2 saturated carbocycles. The summed E-state index contributed by atoms with van der Waals surface area (Å²) >= 11 is 0. The third-order valence-electron chi connectivity index (χ3n) is 7.26. The number of amides is 4. The number of hydrogen-bond donors (Lipinski definition) is 4. The fourth-order valence-electron chi connectivity index (χ4n) is 4.72. The van der Waals surface area contributed by atoms with Crippen LogP contribution in [0, 0.1) is 6.57 Å². The summed E-state index contributed by atoms with van der Waals surface area (Å²) in [5.41, 5.74) is 0.879. The molecule has 2 aliphatic carbocycles. The second kappa shape index (κ2) is 11.0. The van der Waals surface area contributed by atoms with Gasteiger partial charge in [0.05, 0.1) is 18.4 Å². The van der Waals surface area contributed by atoms with Crippen molar-refractivity contribution in [1.29, 1.82) is 0 Å². The predicted molar refractivity (Wildman–Crippen MR) is 149 cm³/mol. The quantitative estimate of drug-likeness (QED) is 0.191. The summed E-state index contributed by atoms with van der Waals surface area (Å²) in [5.74, 6) is -2.38. The topological polar surface area (TPSA) is 121 Å². The van der Waals surface area contributed by atoms with Crippen molar-refractivity contribution in [3.63, 3.8) is 0 Å². The summed E-state index contributed by atoms with van der Waals surface area (Å²) in [6, 6.07) is 21.2. The number of nitrogens with one attached hydrogen (secondary N) is 4. The molecule has 2 fully saturated rings. The van der Waals surface area contributed by atoms with E-state index in [-0.39, 0.29) is 19.0 Å². The highest BCUT2D eigenvalue weighted by Crippen LogP contribution is 2.48. The van der Waals surface area contributed by atoms with E-state index in [1.165, 1.54) is 12.2 Å². The molecular formula is C31H29N5O4. The van der Waals surface area contributed by atoms with Gasteiger partial charge in [-0.1, -0.05) is 66.7 Å². The molecule has 0 heterocycles. The molecule has 202 valence electrons. The molecule has 0 saturated heterocycles. The smallest absolute Gasteiger partial charge is 0.309 e. The summed E-state index contributed by atoms with van der Waals surface area (Å²) in [7, 11) is 0. The van der Waals surface area contributed by atoms with Gasteiger partial charge in [0.25, 0.3) is 5.91 Å². The molecule has 9 nitrogen and oxygen atoms in total. The Kier molecular flexibility index (Phi) is 7.34. The standard InChI is InChI=1S/C31H29N5O4/c1-32-31(17-18-31)35-26(37)14-7-19-33-28(39)29(40)34-20-22-9-3-5-12-24(22)27(38)36-30(15-16-30)25-13-6-10-21-8-2-4-11-23(21)25/h2-14H,15-20H2,(H,33,39)(H,34,40)(H,35,37)(H,36,38)/b14-7+. The monoisotopic (exact) mass is 535 g/mol. The lowest BCUT2D eigenvalue weighted by molar-refractivity contribution is -0.139. The van der Waals surface area contributed by atoms with E-state index in [0.29, 0.717) is 24.0 Å². The maximum absolute atomic E-state index is 13.4. The Morgan fingerprint density at radius 1 is 0.825 bits per heavy atom. The van der Waals surface area contributed by atoms with Crippen molar-refractivity contribution >= 4 is 34.4 Å². The molecule has 3 aromatic rings. The SMILES string of the molecule is [C-]#[N+]C1(NC(=O)/C=C/CNC(=O)C(=O)NCc2ccccc2C(=O)NC2(c3cccc4ccccc34)CC2)CC1. The van der Waals surface area contributed by atoms with Crippen molar-refractivity contribution in [3.8, 4) is 0 Å². The van der Waals surface area contributed by atoms with E-state index in [9.17, 15) is 19.2 Å². The van der Waals surface area contributed by atoms with Gasteiger partial charge < -0.3 is 16.0 Å². The van der Waals surface area contributed by atoms with Crippen molar-refractivity contribution < 1.29 is 19.2 Å². The van der Waals surface area contributed by atoms with Crippen LogP contribution in [0.1, 0.15) is 47.2 Å². The van der Waals surface area contributed by atoms with E-state index < -0.39 is 28.9 Å². The zero-order valence-electron chi connectivity index (χ0n) is 21.8. The van der Waals surface area contributed by atoms with Crippen molar-refractivity contribution in [1.82, 2.24) is 21.3 Å². The summed E-state index contributed by atoms with van der Waals surface area (Å²) in [6.07, 6.45) is 5.56. The summed E-state index contributed by atoms with van der Waals surface area (Å²) < 4.78 is 0. The van der Waals surface area contributed by atoms with E-state index in [0.717, 1.165) is 29.2 Å². The van der Waals surface area contributed by atoms with Gasteiger partial charge in [-0.05, 0) is 40.8 Å².